The van der Waals surface area contributed by atoms with Crippen LogP contribution in [-0.4, -0.2) is 45.6 Å². The summed E-state index contributed by atoms with van der Waals surface area (Å²) >= 11 is 0. The molecule has 0 radical (unpaired) electrons. The van der Waals surface area contributed by atoms with Crippen molar-refractivity contribution in [3.8, 4) is 0 Å². The summed E-state index contributed by atoms with van der Waals surface area (Å²) in [7, 11) is 0. The van der Waals surface area contributed by atoms with Gasteiger partial charge in [0.2, 0.25) is 0 Å². The van der Waals surface area contributed by atoms with Crippen molar-refractivity contribution in [2.75, 3.05) is 13.1 Å². The molecule has 1 aromatic rings. The Labute approximate surface area is 128 Å². The molecule has 0 aromatic carbocycles. The molecule has 1 unspecified atom stereocenters. The van der Waals surface area contributed by atoms with Crippen molar-refractivity contribution < 1.29 is 18.3 Å². The van der Waals surface area contributed by atoms with Crippen LogP contribution >= 0.6 is 0 Å². The van der Waals surface area contributed by atoms with Gasteiger partial charge in [-0.2, -0.15) is 18.3 Å². The molecule has 1 aliphatic rings. The lowest BCUT2D eigenvalue weighted by molar-refractivity contribution is -0.223. The number of H-pyrrole nitrogens is 1. The Morgan fingerprint density at radius 1 is 1.32 bits per heavy atom. The highest BCUT2D eigenvalue weighted by Crippen LogP contribution is 2.32. The molecule has 2 N–H and O–H groups in total. The molecule has 0 aliphatic carbocycles. The monoisotopic (exact) mass is 319 g/mol. The fraction of sp³-hybridized carbons (Fsp3) is 0.800. The Morgan fingerprint density at radius 2 is 1.91 bits per heavy atom. The zero-order chi connectivity index (χ0) is 16.5. The molecule has 0 spiro atoms. The van der Waals surface area contributed by atoms with E-state index in [1.54, 1.807) is 6.20 Å². The lowest BCUT2D eigenvalue weighted by Crippen LogP contribution is -2.43. The lowest BCUT2D eigenvalue weighted by atomic mass is 9.88. The number of alkyl halides is 3. The molecule has 0 saturated carbocycles. The van der Waals surface area contributed by atoms with E-state index in [4.69, 9.17) is 0 Å². The van der Waals surface area contributed by atoms with Crippen molar-refractivity contribution in [3.05, 3.63) is 17.5 Å². The number of piperidine rings is 1. The van der Waals surface area contributed by atoms with Gasteiger partial charge in [-0.25, -0.2) is 0 Å². The van der Waals surface area contributed by atoms with Crippen LogP contribution in [0.3, 0.4) is 0 Å². The second-order valence-corrected chi connectivity index (χ2v) is 7.12. The van der Waals surface area contributed by atoms with Crippen molar-refractivity contribution >= 4 is 0 Å². The van der Waals surface area contributed by atoms with Crippen LogP contribution in [0.1, 0.15) is 44.9 Å². The van der Waals surface area contributed by atoms with Gasteiger partial charge in [0.25, 0.3) is 0 Å². The van der Waals surface area contributed by atoms with Gasteiger partial charge in [0.1, 0.15) is 0 Å². The van der Waals surface area contributed by atoms with Gasteiger partial charge in [-0.1, -0.05) is 20.8 Å². The quantitative estimate of drug-likeness (QED) is 0.901. The summed E-state index contributed by atoms with van der Waals surface area (Å²) < 4.78 is 37.6. The van der Waals surface area contributed by atoms with Crippen LogP contribution in [0.4, 0.5) is 13.2 Å². The smallest absolute Gasteiger partial charge is 0.383 e. The minimum Gasteiger partial charge on any atom is -0.383 e. The molecule has 1 fully saturated rings. The summed E-state index contributed by atoms with van der Waals surface area (Å²) in [5.41, 5.74) is 2.10. The molecule has 7 heteroatoms. The second-order valence-electron chi connectivity index (χ2n) is 7.12. The highest BCUT2D eigenvalue weighted by atomic mass is 19.4. The summed E-state index contributed by atoms with van der Waals surface area (Å²) in [4.78, 5) is 2.12. The van der Waals surface area contributed by atoms with Crippen LogP contribution in [0.25, 0.3) is 0 Å². The van der Waals surface area contributed by atoms with Gasteiger partial charge in [-0.3, -0.25) is 10.00 Å². The third kappa shape index (κ3) is 4.01. The van der Waals surface area contributed by atoms with E-state index in [2.05, 4.69) is 35.9 Å². The molecular weight excluding hydrogens is 295 g/mol. The zero-order valence-electron chi connectivity index (χ0n) is 13.2. The average molecular weight is 319 g/mol. The van der Waals surface area contributed by atoms with E-state index < -0.39 is 18.2 Å². The Hall–Kier alpha value is -1.08. The number of aliphatic hydroxyl groups is 1. The summed E-state index contributed by atoms with van der Waals surface area (Å²) in [6.07, 6.45) is -4.20. The van der Waals surface area contributed by atoms with Gasteiger partial charge in [-0.05, 0) is 31.8 Å². The summed E-state index contributed by atoms with van der Waals surface area (Å²) in [6, 6.07) is 0. The van der Waals surface area contributed by atoms with Gasteiger partial charge in [-0.15, -0.1) is 0 Å². The number of hydrogen-bond acceptors (Lipinski definition) is 3. The summed E-state index contributed by atoms with van der Waals surface area (Å²) in [5, 5.41) is 16.5. The van der Waals surface area contributed by atoms with E-state index >= 15 is 0 Å². The number of likely N-dealkylation sites (tertiary alicyclic amines) is 1. The fourth-order valence-corrected chi connectivity index (χ4v) is 3.02. The maximum atomic E-state index is 12.5. The molecule has 1 saturated heterocycles. The van der Waals surface area contributed by atoms with E-state index in [1.165, 1.54) is 0 Å². The first kappa shape index (κ1) is 17.3. The largest absolute Gasteiger partial charge is 0.414 e. The van der Waals surface area contributed by atoms with Crippen LogP contribution in [0, 0.1) is 5.92 Å². The van der Waals surface area contributed by atoms with Crippen molar-refractivity contribution in [2.24, 2.45) is 5.92 Å². The van der Waals surface area contributed by atoms with Crippen LogP contribution < -0.4 is 0 Å². The van der Waals surface area contributed by atoms with Gasteiger partial charge >= 0.3 is 6.18 Å². The number of aliphatic hydroxyl groups excluding tert-OH is 1. The van der Waals surface area contributed by atoms with Crippen molar-refractivity contribution in [1.29, 1.82) is 0 Å². The average Bonchev–Trinajstić information content (AvgIpc) is 2.86. The zero-order valence-corrected chi connectivity index (χ0v) is 13.2. The number of aromatic nitrogens is 2. The molecule has 126 valence electrons. The first-order valence-electron chi connectivity index (χ1n) is 7.59. The molecule has 2 heterocycles. The highest BCUT2D eigenvalue weighted by molar-refractivity contribution is 5.23. The number of aromatic amines is 1. The number of hydrogen-bond donors (Lipinski definition) is 2. The van der Waals surface area contributed by atoms with Crippen LogP contribution in [-0.2, 0) is 12.0 Å². The molecule has 22 heavy (non-hydrogen) atoms. The maximum Gasteiger partial charge on any atom is 0.414 e. The van der Waals surface area contributed by atoms with Gasteiger partial charge in [0, 0.05) is 23.2 Å². The second kappa shape index (κ2) is 6.20. The Bertz CT molecular complexity index is 485. The third-order valence-electron chi connectivity index (χ3n) is 4.28. The van der Waals surface area contributed by atoms with E-state index in [0.29, 0.717) is 32.5 Å². The molecule has 0 amide bonds. The van der Waals surface area contributed by atoms with Crippen LogP contribution in [0.5, 0.6) is 0 Å². The minimum atomic E-state index is -4.52. The molecule has 2 rings (SSSR count). The molecule has 0 bridgehead atoms. The molecular formula is C15H24F3N3O. The number of nitrogens with zero attached hydrogens (tertiary/aromatic N) is 2. The number of rotatable bonds is 3. The summed E-state index contributed by atoms with van der Waals surface area (Å²) in [6.45, 7) is 8.08. The maximum absolute atomic E-state index is 12.5. The van der Waals surface area contributed by atoms with Crippen LogP contribution in [0.15, 0.2) is 6.20 Å². The molecule has 4 nitrogen and oxygen atoms in total. The van der Waals surface area contributed by atoms with Crippen molar-refractivity contribution in [1.82, 2.24) is 15.1 Å². The lowest BCUT2D eigenvalue weighted by Gasteiger charge is -2.35. The topological polar surface area (TPSA) is 52.2 Å². The SMILES string of the molecule is CC(C)(C)c1[nH]ncc1CN1CCC(C(O)C(F)(F)F)CC1. The highest BCUT2D eigenvalue weighted by Gasteiger charge is 2.44. The van der Waals surface area contributed by atoms with Crippen molar-refractivity contribution in [2.45, 2.75) is 57.9 Å². The van der Waals surface area contributed by atoms with Crippen LogP contribution in [0.2, 0.25) is 0 Å². The number of nitrogens with one attached hydrogen (secondary N) is 1. The number of halogens is 3. The molecule has 1 aromatic heterocycles. The Kier molecular flexibility index (Phi) is 4.87. The van der Waals surface area contributed by atoms with E-state index in [-0.39, 0.29) is 5.41 Å². The fourth-order valence-electron chi connectivity index (χ4n) is 3.02. The first-order valence-corrected chi connectivity index (χ1v) is 7.59. The predicted octanol–water partition coefficient (Wildman–Crippen LogP) is 2.84. The normalized spacial score (nSPS) is 20.3. The minimum absolute atomic E-state index is 0.0450. The van der Waals surface area contributed by atoms with Crippen molar-refractivity contribution in [3.63, 3.8) is 0 Å². The van der Waals surface area contributed by atoms with E-state index in [9.17, 15) is 18.3 Å². The predicted molar refractivity (Wildman–Crippen MR) is 77.4 cm³/mol. The van der Waals surface area contributed by atoms with E-state index in [1.807, 2.05) is 0 Å². The van der Waals surface area contributed by atoms with Gasteiger partial charge in [0.05, 0.1) is 6.20 Å². The van der Waals surface area contributed by atoms with Gasteiger partial charge in [0.15, 0.2) is 6.10 Å². The standard InChI is InChI=1S/C15H24F3N3O/c1-14(2,3)12-11(8-19-20-12)9-21-6-4-10(5-7-21)13(22)15(16,17)18/h8,10,13,22H,4-7,9H2,1-3H3,(H,19,20). The van der Waals surface area contributed by atoms with Gasteiger partial charge < -0.3 is 5.11 Å². The third-order valence-corrected chi connectivity index (χ3v) is 4.28. The Balaban J connectivity index is 1.92. The molecule has 1 atom stereocenters. The Morgan fingerprint density at radius 3 is 2.41 bits per heavy atom. The van der Waals surface area contributed by atoms with E-state index in [0.717, 1.165) is 11.3 Å². The summed E-state index contributed by atoms with van der Waals surface area (Å²) in [5.74, 6) is -0.692. The first-order chi connectivity index (χ1) is 10.1. The molecule has 1 aliphatic heterocycles.